The molecule has 1 aliphatic rings. The van der Waals surface area contributed by atoms with Crippen LogP contribution in [-0.2, 0) is 33.7 Å². The number of amides is 1. The number of rotatable bonds is 40. The van der Waals surface area contributed by atoms with Gasteiger partial charge in [0.2, 0.25) is 5.91 Å². The number of nitrogens with zero attached hydrogens (tertiary/aromatic N) is 4. The third-order valence-electron chi connectivity index (χ3n) is 14.5. The van der Waals surface area contributed by atoms with Crippen molar-refractivity contribution >= 4 is 20.3 Å². The Morgan fingerprint density at radius 3 is 1.64 bits per heavy atom. The van der Waals surface area contributed by atoms with Crippen LogP contribution in [0.2, 0.25) is 0 Å². The lowest BCUT2D eigenvalue weighted by Crippen LogP contribution is -2.43. The van der Waals surface area contributed by atoms with E-state index in [9.17, 15) is 14.9 Å². The lowest BCUT2D eigenvalue weighted by molar-refractivity contribution is -0.114. The highest BCUT2D eigenvalue weighted by molar-refractivity contribution is 7.44. The number of anilines is 1. The Morgan fingerprint density at radius 2 is 1.19 bits per heavy atom. The van der Waals surface area contributed by atoms with Gasteiger partial charge in [-0.05, 0) is 81.1 Å². The standard InChI is InChI=1S/C63H94N5O9P/c1-9-10-11-12-13-14-15-16-17-18-19-20-21-22-23-24-25-26-27-31-46-73-60-59(77-78(75-47-32-44-64)68(49(2)3)50(4)5)57(76-61(60)67-45-43-58(65-51(6)69)66-62(67)70)48-74-63(52-33-29-28-30-34-52,53-35-39-55(71-7)40-36-53)54-37-41-56(72-8)42-38-54/h28-30,33-43,45,49-50,57,59-61H,9-27,31-32,46-48H2,1-8H3,(H,65,66,69,70)/t57-,59?,60+,61-,78?/m1/s1. The molecule has 15 heteroatoms. The second-order valence-electron chi connectivity index (χ2n) is 21.2. The summed E-state index contributed by atoms with van der Waals surface area (Å²) in [6, 6.07) is 29.5. The molecule has 0 spiro atoms. The Kier molecular flexibility index (Phi) is 29.4. The maximum absolute atomic E-state index is 14.1. The fourth-order valence-corrected chi connectivity index (χ4v) is 12.3. The number of benzene rings is 3. The number of carbonyl (C=O) groups is 1. The van der Waals surface area contributed by atoms with Gasteiger partial charge in [-0.3, -0.25) is 9.36 Å². The first-order valence-corrected chi connectivity index (χ1v) is 30.5. The Hall–Kier alpha value is -4.71. The summed E-state index contributed by atoms with van der Waals surface area (Å²) in [5.74, 6) is 1.17. The van der Waals surface area contributed by atoms with Crippen molar-refractivity contribution in [2.75, 3.05) is 39.4 Å². The van der Waals surface area contributed by atoms with Crippen molar-refractivity contribution in [3.8, 4) is 17.6 Å². The summed E-state index contributed by atoms with van der Waals surface area (Å²) in [5.41, 5.74) is 0.694. The minimum Gasteiger partial charge on any atom is -0.497 e. The molecule has 1 aliphatic heterocycles. The normalized spacial score (nSPS) is 16.9. The van der Waals surface area contributed by atoms with Crippen LogP contribution in [0, 0.1) is 11.3 Å². The second-order valence-corrected chi connectivity index (χ2v) is 22.6. The Bertz CT molecular complexity index is 2310. The second kappa shape index (κ2) is 35.8. The summed E-state index contributed by atoms with van der Waals surface area (Å²) in [5, 5.41) is 12.3. The summed E-state index contributed by atoms with van der Waals surface area (Å²) in [7, 11) is 1.45. The van der Waals surface area contributed by atoms with Crippen LogP contribution in [0.3, 0.4) is 0 Å². The fraction of sp³-hybridized carbons (Fsp3) is 0.619. The lowest BCUT2D eigenvalue weighted by atomic mass is 9.80. The van der Waals surface area contributed by atoms with E-state index in [1.165, 1.54) is 121 Å². The number of carbonyl (C=O) groups excluding carboxylic acids is 1. The zero-order chi connectivity index (χ0) is 56.0. The van der Waals surface area contributed by atoms with Crippen molar-refractivity contribution in [2.24, 2.45) is 0 Å². The Labute approximate surface area is 469 Å². The molecule has 5 atom stereocenters. The molecule has 3 aromatic carbocycles. The molecule has 5 rings (SSSR count). The van der Waals surface area contributed by atoms with Gasteiger partial charge < -0.3 is 38.0 Å². The third-order valence-corrected chi connectivity index (χ3v) is 16.6. The Balaban J connectivity index is 1.38. The highest BCUT2D eigenvalue weighted by Crippen LogP contribution is 2.51. The predicted octanol–water partition coefficient (Wildman–Crippen LogP) is 15.0. The molecule has 430 valence electrons. The van der Waals surface area contributed by atoms with Gasteiger partial charge in [0.15, 0.2) is 6.23 Å². The predicted molar refractivity (Wildman–Crippen MR) is 313 cm³/mol. The molecule has 14 nitrogen and oxygen atoms in total. The van der Waals surface area contributed by atoms with Gasteiger partial charge in [0.05, 0.1) is 39.9 Å². The topological polar surface area (TPSA) is 156 Å². The highest BCUT2D eigenvalue weighted by Gasteiger charge is 2.51. The molecule has 0 radical (unpaired) electrons. The molecule has 1 aromatic heterocycles. The molecule has 0 bridgehead atoms. The van der Waals surface area contributed by atoms with Crippen molar-refractivity contribution in [3.05, 3.63) is 118 Å². The minimum absolute atomic E-state index is 0.00349. The summed E-state index contributed by atoms with van der Waals surface area (Å²) in [6.07, 6.45) is 24.0. The molecule has 4 aromatic rings. The molecule has 1 N–H and O–H groups in total. The number of ether oxygens (including phenoxy) is 5. The van der Waals surface area contributed by atoms with Crippen LogP contribution in [0.25, 0.3) is 0 Å². The first-order valence-electron chi connectivity index (χ1n) is 29.3. The first kappa shape index (κ1) is 64.1. The SMILES string of the molecule is CCCCCCCCCCCCCCCCCCCCCCO[C@H]1C(OP(OCCC#N)N(C(C)C)C(C)C)[C@@H](COC(c2ccccc2)(c2ccc(OC)cc2)c2ccc(OC)cc2)O[C@H]1n1ccc(NC(C)=O)nc1=O. The zero-order valence-corrected chi connectivity index (χ0v) is 49.4. The molecule has 2 heterocycles. The average molecular weight is 1100 g/mol. The molecule has 1 fully saturated rings. The van der Waals surface area contributed by atoms with E-state index in [1.54, 1.807) is 26.5 Å². The van der Waals surface area contributed by atoms with E-state index < -0.39 is 44.4 Å². The molecule has 1 saturated heterocycles. The highest BCUT2D eigenvalue weighted by atomic mass is 31.2. The van der Waals surface area contributed by atoms with Gasteiger partial charge in [-0.15, -0.1) is 0 Å². The fourth-order valence-electron chi connectivity index (χ4n) is 10.5. The number of nitrogens with one attached hydrogen (secondary N) is 1. The third kappa shape index (κ3) is 20.1. The number of hydrogen-bond acceptors (Lipinski definition) is 12. The maximum atomic E-state index is 14.1. The van der Waals surface area contributed by atoms with Crippen LogP contribution in [0.15, 0.2) is 95.9 Å². The average Bonchev–Trinajstić information content (AvgIpc) is 3.94. The van der Waals surface area contributed by atoms with Gasteiger partial charge in [0, 0.05) is 31.8 Å². The van der Waals surface area contributed by atoms with Gasteiger partial charge in [0.1, 0.15) is 41.2 Å². The van der Waals surface area contributed by atoms with Crippen LogP contribution in [0.4, 0.5) is 5.82 Å². The van der Waals surface area contributed by atoms with Gasteiger partial charge in [-0.2, -0.15) is 10.2 Å². The van der Waals surface area contributed by atoms with E-state index in [4.69, 9.17) is 32.7 Å². The van der Waals surface area contributed by atoms with E-state index in [2.05, 4.69) is 55.7 Å². The number of hydrogen-bond donors (Lipinski definition) is 1. The summed E-state index contributed by atoms with van der Waals surface area (Å²) in [6.45, 7) is 12.5. The van der Waals surface area contributed by atoms with E-state index in [1.807, 2.05) is 78.9 Å². The van der Waals surface area contributed by atoms with Crippen LogP contribution >= 0.6 is 8.53 Å². The number of nitriles is 1. The van der Waals surface area contributed by atoms with Gasteiger partial charge in [-0.1, -0.05) is 184 Å². The van der Waals surface area contributed by atoms with Crippen LogP contribution in [0.1, 0.15) is 199 Å². The molecule has 1 amide bonds. The first-order chi connectivity index (χ1) is 38.0. The van der Waals surface area contributed by atoms with Gasteiger partial charge >= 0.3 is 5.69 Å². The minimum atomic E-state index is -1.83. The molecule has 0 saturated carbocycles. The summed E-state index contributed by atoms with van der Waals surface area (Å²) in [4.78, 5) is 30.4. The number of methoxy groups -OCH3 is 2. The smallest absolute Gasteiger partial charge is 0.351 e. The van der Waals surface area contributed by atoms with Crippen molar-refractivity contribution in [3.63, 3.8) is 0 Å². The van der Waals surface area contributed by atoms with E-state index in [0.717, 1.165) is 36.0 Å². The van der Waals surface area contributed by atoms with Crippen molar-refractivity contribution in [1.82, 2.24) is 14.2 Å². The van der Waals surface area contributed by atoms with Gasteiger partial charge in [-0.25, -0.2) is 9.46 Å². The molecule has 0 aliphatic carbocycles. The Morgan fingerprint density at radius 1 is 0.705 bits per heavy atom. The quantitative estimate of drug-likeness (QED) is 0.0256. The maximum Gasteiger partial charge on any atom is 0.351 e. The van der Waals surface area contributed by atoms with E-state index in [0.29, 0.717) is 18.1 Å². The summed E-state index contributed by atoms with van der Waals surface area (Å²) >= 11 is 0. The van der Waals surface area contributed by atoms with Crippen molar-refractivity contribution in [2.45, 2.75) is 219 Å². The van der Waals surface area contributed by atoms with Crippen LogP contribution in [-0.4, -0.2) is 84.6 Å². The summed E-state index contributed by atoms with van der Waals surface area (Å²) < 4.78 is 50.1. The van der Waals surface area contributed by atoms with Crippen LogP contribution in [0.5, 0.6) is 11.5 Å². The van der Waals surface area contributed by atoms with Crippen molar-refractivity contribution in [1.29, 1.82) is 5.26 Å². The molecule has 78 heavy (non-hydrogen) atoms. The molecular weight excluding hydrogens is 1000 g/mol. The van der Waals surface area contributed by atoms with Crippen LogP contribution < -0.4 is 20.5 Å². The van der Waals surface area contributed by atoms with Gasteiger partial charge in [0.25, 0.3) is 8.53 Å². The lowest BCUT2D eigenvalue weighted by Gasteiger charge is -2.39. The van der Waals surface area contributed by atoms with E-state index >= 15 is 0 Å². The molecule has 2 unspecified atom stereocenters. The monoisotopic (exact) mass is 1100 g/mol. The molecular formula is C63H94N5O9P. The number of unbranched alkanes of at least 4 members (excludes halogenated alkanes) is 19. The zero-order valence-electron chi connectivity index (χ0n) is 48.5. The largest absolute Gasteiger partial charge is 0.497 e. The van der Waals surface area contributed by atoms with E-state index in [-0.39, 0.29) is 43.4 Å². The number of aromatic nitrogens is 2. The van der Waals surface area contributed by atoms with Crippen molar-refractivity contribution < 1.29 is 37.5 Å².